The molecule has 1 atom stereocenters. The van der Waals surface area contributed by atoms with Crippen LogP contribution < -0.4 is 14.8 Å². The molecule has 2 aromatic carbocycles. The van der Waals surface area contributed by atoms with Crippen molar-refractivity contribution in [2.24, 2.45) is 0 Å². The molecule has 0 spiro atoms. The van der Waals surface area contributed by atoms with Gasteiger partial charge >= 0.3 is 0 Å². The van der Waals surface area contributed by atoms with Crippen molar-refractivity contribution in [1.29, 1.82) is 0 Å². The van der Waals surface area contributed by atoms with Crippen LogP contribution in [0.1, 0.15) is 29.2 Å². The summed E-state index contributed by atoms with van der Waals surface area (Å²) in [4.78, 5) is 2.46. The van der Waals surface area contributed by atoms with Crippen LogP contribution in [-0.4, -0.2) is 44.4 Å². The Balaban J connectivity index is 1.40. The second-order valence-corrected chi connectivity index (χ2v) is 7.67. The van der Waals surface area contributed by atoms with Gasteiger partial charge in [-0.3, -0.25) is 4.90 Å². The molecule has 0 radical (unpaired) electrons. The van der Waals surface area contributed by atoms with E-state index in [0.29, 0.717) is 0 Å². The Kier molecular flexibility index (Phi) is 6.15. The number of morpholine rings is 1. The number of nitrogens with zero attached hydrogens (tertiary/aromatic N) is 1. The molecule has 2 heterocycles. The van der Waals surface area contributed by atoms with Crippen LogP contribution in [0.4, 0.5) is 0 Å². The highest BCUT2D eigenvalue weighted by atomic mass is 16.5. The molecule has 150 valence electrons. The quantitative estimate of drug-likeness (QED) is 0.797. The Hall–Kier alpha value is -2.08. The Morgan fingerprint density at radius 1 is 1.07 bits per heavy atom. The van der Waals surface area contributed by atoms with Crippen molar-refractivity contribution in [3.8, 4) is 11.5 Å². The molecule has 0 amide bonds. The monoisotopic (exact) mass is 382 g/mol. The number of benzene rings is 2. The lowest BCUT2D eigenvalue weighted by atomic mass is 10.1. The van der Waals surface area contributed by atoms with Gasteiger partial charge in [0.1, 0.15) is 17.6 Å². The van der Waals surface area contributed by atoms with E-state index in [-0.39, 0.29) is 6.10 Å². The van der Waals surface area contributed by atoms with Gasteiger partial charge in [-0.1, -0.05) is 24.3 Å². The molecule has 28 heavy (non-hydrogen) atoms. The standard InChI is InChI=1S/C23H30N2O3/c1-17-11-20-12-22(26-2)21(13-23(20)28-17)15-24-14-18-5-3-4-6-19(18)16-25-7-9-27-10-8-25/h3-6,12-13,17,24H,7-11,14-16H2,1-2H3/t17-/m0/s1. The molecule has 0 saturated carbocycles. The first-order chi connectivity index (χ1) is 13.7. The van der Waals surface area contributed by atoms with Crippen molar-refractivity contribution in [2.75, 3.05) is 33.4 Å². The third-order valence-corrected chi connectivity index (χ3v) is 5.55. The van der Waals surface area contributed by atoms with Gasteiger partial charge in [-0.15, -0.1) is 0 Å². The van der Waals surface area contributed by atoms with Gasteiger partial charge in [-0.25, -0.2) is 0 Å². The lowest BCUT2D eigenvalue weighted by Gasteiger charge is -2.27. The smallest absolute Gasteiger partial charge is 0.123 e. The molecule has 1 fully saturated rings. The van der Waals surface area contributed by atoms with Gasteiger partial charge in [0.15, 0.2) is 0 Å². The average molecular weight is 383 g/mol. The maximum absolute atomic E-state index is 5.92. The first-order valence-electron chi connectivity index (χ1n) is 10.2. The zero-order chi connectivity index (χ0) is 19.3. The zero-order valence-corrected chi connectivity index (χ0v) is 16.9. The number of hydrogen-bond acceptors (Lipinski definition) is 5. The molecule has 1 saturated heterocycles. The van der Waals surface area contributed by atoms with Gasteiger partial charge in [-0.05, 0) is 30.2 Å². The number of hydrogen-bond donors (Lipinski definition) is 1. The summed E-state index contributed by atoms with van der Waals surface area (Å²) < 4.78 is 17.0. The average Bonchev–Trinajstić information content (AvgIpc) is 3.08. The number of nitrogens with one attached hydrogen (secondary N) is 1. The predicted octanol–water partition coefficient (Wildman–Crippen LogP) is 3.14. The van der Waals surface area contributed by atoms with E-state index in [1.165, 1.54) is 16.7 Å². The van der Waals surface area contributed by atoms with E-state index in [9.17, 15) is 0 Å². The van der Waals surface area contributed by atoms with Gasteiger partial charge in [0.2, 0.25) is 0 Å². The topological polar surface area (TPSA) is 43.0 Å². The fourth-order valence-electron chi connectivity index (χ4n) is 4.03. The second kappa shape index (κ2) is 8.95. The molecule has 0 bridgehead atoms. The van der Waals surface area contributed by atoms with Crippen LogP contribution in [0.5, 0.6) is 11.5 Å². The predicted molar refractivity (Wildman–Crippen MR) is 110 cm³/mol. The maximum atomic E-state index is 5.92. The molecular formula is C23H30N2O3. The normalized spacial score (nSPS) is 19.3. The Morgan fingerprint density at radius 3 is 2.61 bits per heavy atom. The summed E-state index contributed by atoms with van der Waals surface area (Å²) in [6, 6.07) is 12.9. The summed E-state index contributed by atoms with van der Waals surface area (Å²) in [5.41, 5.74) is 5.11. The van der Waals surface area contributed by atoms with E-state index >= 15 is 0 Å². The van der Waals surface area contributed by atoms with E-state index < -0.39 is 0 Å². The minimum Gasteiger partial charge on any atom is -0.496 e. The largest absolute Gasteiger partial charge is 0.496 e. The van der Waals surface area contributed by atoms with E-state index in [1.54, 1.807) is 7.11 Å². The highest BCUT2D eigenvalue weighted by Gasteiger charge is 2.21. The van der Waals surface area contributed by atoms with E-state index in [0.717, 1.165) is 69.4 Å². The summed E-state index contributed by atoms with van der Waals surface area (Å²) in [5.74, 6) is 1.93. The molecule has 2 aromatic rings. The molecule has 5 nitrogen and oxygen atoms in total. The van der Waals surface area contributed by atoms with Crippen LogP contribution in [0.3, 0.4) is 0 Å². The number of rotatable bonds is 7. The van der Waals surface area contributed by atoms with E-state index in [4.69, 9.17) is 14.2 Å². The lowest BCUT2D eigenvalue weighted by molar-refractivity contribution is 0.0340. The molecule has 2 aliphatic rings. The Labute approximate surface area is 167 Å². The van der Waals surface area contributed by atoms with E-state index in [1.807, 2.05) is 0 Å². The summed E-state index contributed by atoms with van der Waals surface area (Å²) in [6.07, 6.45) is 1.20. The number of ether oxygens (including phenoxy) is 3. The van der Waals surface area contributed by atoms with Crippen LogP contribution in [0.2, 0.25) is 0 Å². The third-order valence-electron chi connectivity index (χ3n) is 5.55. The first kappa shape index (κ1) is 19.2. The minimum absolute atomic E-state index is 0.245. The molecule has 0 aromatic heterocycles. The molecule has 4 rings (SSSR count). The molecule has 1 N–H and O–H groups in total. The Bertz CT molecular complexity index is 802. The summed E-state index contributed by atoms with van der Waals surface area (Å²) >= 11 is 0. The fraction of sp³-hybridized carbons (Fsp3) is 0.478. The lowest BCUT2D eigenvalue weighted by Crippen LogP contribution is -2.36. The van der Waals surface area contributed by atoms with Crippen LogP contribution >= 0.6 is 0 Å². The molecule has 5 heteroatoms. The van der Waals surface area contributed by atoms with Crippen molar-refractivity contribution in [3.05, 3.63) is 58.7 Å². The van der Waals surface area contributed by atoms with Gasteiger partial charge in [0, 0.05) is 50.3 Å². The summed E-state index contributed by atoms with van der Waals surface area (Å²) in [5, 5.41) is 3.59. The van der Waals surface area contributed by atoms with Crippen molar-refractivity contribution in [3.63, 3.8) is 0 Å². The van der Waals surface area contributed by atoms with Gasteiger partial charge in [0.25, 0.3) is 0 Å². The fourth-order valence-corrected chi connectivity index (χ4v) is 4.03. The second-order valence-electron chi connectivity index (χ2n) is 7.67. The molecular weight excluding hydrogens is 352 g/mol. The van der Waals surface area contributed by atoms with Gasteiger partial charge in [-0.2, -0.15) is 0 Å². The van der Waals surface area contributed by atoms with E-state index in [2.05, 4.69) is 53.5 Å². The summed E-state index contributed by atoms with van der Waals surface area (Å²) in [7, 11) is 1.74. The van der Waals surface area contributed by atoms with Crippen molar-refractivity contribution in [1.82, 2.24) is 10.2 Å². The number of methoxy groups -OCH3 is 1. The highest BCUT2D eigenvalue weighted by Crippen LogP contribution is 2.35. The maximum Gasteiger partial charge on any atom is 0.123 e. The first-order valence-corrected chi connectivity index (χ1v) is 10.2. The highest BCUT2D eigenvalue weighted by molar-refractivity contribution is 5.48. The SMILES string of the molecule is COc1cc2c(cc1CNCc1ccccc1CN1CCOCC1)O[C@@H](C)C2. The van der Waals surface area contributed by atoms with Crippen molar-refractivity contribution < 1.29 is 14.2 Å². The summed E-state index contributed by atoms with van der Waals surface area (Å²) in [6.45, 7) is 8.35. The molecule has 0 aliphatic carbocycles. The van der Waals surface area contributed by atoms with Gasteiger partial charge in [0.05, 0.1) is 20.3 Å². The minimum atomic E-state index is 0.245. The van der Waals surface area contributed by atoms with Crippen molar-refractivity contribution in [2.45, 2.75) is 39.1 Å². The van der Waals surface area contributed by atoms with Crippen LogP contribution in [0.25, 0.3) is 0 Å². The third kappa shape index (κ3) is 4.49. The van der Waals surface area contributed by atoms with Crippen molar-refractivity contribution >= 4 is 0 Å². The molecule has 0 unspecified atom stereocenters. The van der Waals surface area contributed by atoms with Crippen LogP contribution in [0.15, 0.2) is 36.4 Å². The molecule has 2 aliphatic heterocycles. The van der Waals surface area contributed by atoms with Crippen LogP contribution in [0, 0.1) is 0 Å². The van der Waals surface area contributed by atoms with Gasteiger partial charge < -0.3 is 19.5 Å². The zero-order valence-electron chi connectivity index (χ0n) is 16.9. The number of fused-ring (bicyclic) bond motifs is 1. The Morgan fingerprint density at radius 2 is 1.82 bits per heavy atom. The van der Waals surface area contributed by atoms with Crippen LogP contribution in [-0.2, 0) is 30.8 Å².